The van der Waals surface area contributed by atoms with Crippen LogP contribution < -0.4 is 0 Å². The maximum atomic E-state index is 13.0. The van der Waals surface area contributed by atoms with Gasteiger partial charge in [-0.1, -0.05) is 12.1 Å². The molecule has 0 heterocycles. The van der Waals surface area contributed by atoms with Crippen molar-refractivity contribution in [3.8, 4) is 0 Å². The molecule has 0 saturated heterocycles. The summed E-state index contributed by atoms with van der Waals surface area (Å²) in [6, 6.07) is 6.03. The van der Waals surface area contributed by atoms with E-state index in [1.165, 1.54) is 12.1 Å². The summed E-state index contributed by atoms with van der Waals surface area (Å²) in [4.78, 5) is -0.126. The van der Waals surface area contributed by atoms with E-state index in [0.29, 0.717) is 18.8 Å². The number of halogens is 2. The third-order valence-electron chi connectivity index (χ3n) is 3.90. The van der Waals surface area contributed by atoms with Gasteiger partial charge in [0.2, 0.25) is 5.92 Å². The Morgan fingerprint density at radius 2 is 1.70 bits per heavy atom. The molecule has 0 aliphatic heterocycles. The largest absolute Gasteiger partial charge is 0.294 e. The van der Waals surface area contributed by atoms with Gasteiger partial charge in [-0.3, -0.25) is 4.55 Å². The summed E-state index contributed by atoms with van der Waals surface area (Å²) in [7, 11) is -4.15. The lowest BCUT2D eigenvalue weighted by atomic mass is 9.83. The Balaban J connectivity index is 1.86. The molecule has 0 amide bonds. The molecule has 0 bridgehead atoms. The zero-order chi connectivity index (χ0) is 14.8. The van der Waals surface area contributed by atoms with Crippen LogP contribution in [0.15, 0.2) is 29.2 Å². The average Bonchev–Trinajstić information content (AvgIpc) is 2.37. The molecule has 1 fully saturated rings. The molecule has 1 saturated carbocycles. The van der Waals surface area contributed by atoms with Crippen molar-refractivity contribution in [3.05, 3.63) is 29.8 Å². The Morgan fingerprint density at radius 1 is 1.15 bits per heavy atom. The van der Waals surface area contributed by atoms with Crippen molar-refractivity contribution in [2.75, 3.05) is 0 Å². The summed E-state index contributed by atoms with van der Waals surface area (Å²) < 4.78 is 56.7. The van der Waals surface area contributed by atoms with Crippen LogP contribution in [0.2, 0.25) is 0 Å². The highest BCUT2D eigenvalue weighted by atomic mass is 32.2. The molecule has 20 heavy (non-hydrogen) atoms. The van der Waals surface area contributed by atoms with Crippen LogP contribution in [0.4, 0.5) is 8.78 Å². The van der Waals surface area contributed by atoms with Gasteiger partial charge in [-0.2, -0.15) is 8.42 Å². The van der Waals surface area contributed by atoms with E-state index >= 15 is 0 Å². The van der Waals surface area contributed by atoms with Crippen molar-refractivity contribution in [2.45, 2.75) is 49.3 Å². The molecule has 3 nitrogen and oxygen atoms in total. The minimum absolute atomic E-state index is 0.0284. The molecule has 0 aromatic heterocycles. The van der Waals surface area contributed by atoms with Gasteiger partial charge in [-0.05, 0) is 49.3 Å². The second-order valence-corrected chi connectivity index (χ2v) is 6.88. The second kappa shape index (κ2) is 5.77. The summed E-state index contributed by atoms with van der Waals surface area (Å²) in [5.41, 5.74) is 0.953. The lowest BCUT2D eigenvalue weighted by molar-refractivity contribution is -0.0464. The molecule has 1 N–H and O–H groups in total. The van der Waals surface area contributed by atoms with Gasteiger partial charge in [-0.15, -0.1) is 0 Å². The zero-order valence-electron chi connectivity index (χ0n) is 11.1. The molecule has 2 rings (SSSR count). The number of hydrogen-bond acceptors (Lipinski definition) is 2. The summed E-state index contributed by atoms with van der Waals surface area (Å²) in [6.07, 6.45) is 2.62. The Bertz CT molecular complexity index is 542. The van der Waals surface area contributed by atoms with E-state index in [9.17, 15) is 17.2 Å². The topological polar surface area (TPSA) is 54.4 Å². The van der Waals surface area contributed by atoms with Crippen LogP contribution in [-0.2, 0) is 16.5 Å². The van der Waals surface area contributed by atoms with E-state index in [4.69, 9.17) is 4.55 Å². The summed E-state index contributed by atoms with van der Waals surface area (Å²) in [6.45, 7) is 0. The Kier molecular flexibility index (Phi) is 4.44. The molecule has 1 aliphatic rings. The fourth-order valence-electron chi connectivity index (χ4n) is 2.59. The third-order valence-corrected chi connectivity index (χ3v) is 4.77. The van der Waals surface area contributed by atoms with Crippen LogP contribution >= 0.6 is 0 Å². The molecule has 0 atom stereocenters. The van der Waals surface area contributed by atoms with E-state index in [2.05, 4.69) is 0 Å². The third kappa shape index (κ3) is 4.24. The van der Waals surface area contributed by atoms with E-state index in [0.717, 1.165) is 18.4 Å². The van der Waals surface area contributed by atoms with Crippen LogP contribution in [0.25, 0.3) is 0 Å². The SMILES string of the molecule is O=S(=O)(O)c1ccc(CCC2CCC(F)(F)CC2)cc1. The normalized spacial score (nSPS) is 19.9. The molecule has 0 unspecified atom stereocenters. The smallest absolute Gasteiger partial charge is 0.282 e. The van der Waals surface area contributed by atoms with Crippen molar-refractivity contribution in [3.63, 3.8) is 0 Å². The van der Waals surface area contributed by atoms with Gasteiger partial charge < -0.3 is 0 Å². The fourth-order valence-corrected chi connectivity index (χ4v) is 3.07. The molecule has 1 aliphatic carbocycles. The van der Waals surface area contributed by atoms with Crippen LogP contribution in [0.3, 0.4) is 0 Å². The molecular weight excluding hydrogens is 286 g/mol. The minimum atomic E-state index is -4.15. The molecule has 0 radical (unpaired) electrons. The number of hydrogen-bond donors (Lipinski definition) is 1. The quantitative estimate of drug-likeness (QED) is 0.863. The maximum Gasteiger partial charge on any atom is 0.294 e. The number of alkyl halides is 2. The first-order valence-electron chi connectivity index (χ1n) is 6.70. The zero-order valence-corrected chi connectivity index (χ0v) is 11.9. The predicted molar refractivity (Wildman–Crippen MR) is 71.5 cm³/mol. The van der Waals surface area contributed by atoms with Gasteiger partial charge >= 0.3 is 0 Å². The lowest BCUT2D eigenvalue weighted by Crippen LogP contribution is -2.24. The Hall–Kier alpha value is -1.01. The minimum Gasteiger partial charge on any atom is -0.282 e. The van der Waals surface area contributed by atoms with Gasteiger partial charge in [0, 0.05) is 12.8 Å². The number of rotatable bonds is 4. The highest BCUT2D eigenvalue weighted by Gasteiger charge is 2.34. The van der Waals surface area contributed by atoms with Crippen LogP contribution in [0, 0.1) is 5.92 Å². The lowest BCUT2D eigenvalue weighted by Gasteiger charge is -2.28. The molecule has 0 spiro atoms. The first-order chi connectivity index (χ1) is 9.26. The van der Waals surface area contributed by atoms with E-state index in [-0.39, 0.29) is 17.7 Å². The molecular formula is C14H18F2O3S. The number of aryl methyl sites for hydroxylation is 1. The van der Waals surface area contributed by atoms with Gasteiger partial charge in [-0.25, -0.2) is 8.78 Å². The summed E-state index contributed by atoms with van der Waals surface area (Å²) in [5.74, 6) is -2.18. The fraction of sp³-hybridized carbons (Fsp3) is 0.571. The molecule has 1 aromatic carbocycles. The monoisotopic (exact) mass is 304 g/mol. The number of benzene rings is 1. The van der Waals surface area contributed by atoms with Gasteiger partial charge in [0.05, 0.1) is 4.90 Å². The summed E-state index contributed by atoms with van der Waals surface area (Å²) >= 11 is 0. The van der Waals surface area contributed by atoms with Gasteiger partial charge in [0.25, 0.3) is 10.1 Å². The second-order valence-electron chi connectivity index (χ2n) is 5.46. The first kappa shape index (κ1) is 15.4. The van der Waals surface area contributed by atoms with Gasteiger partial charge in [0.15, 0.2) is 0 Å². The van der Waals surface area contributed by atoms with E-state index in [1.807, 2.05) is 0 Å². The Labute approximate surface area is 117 Å². The Morgan fingerprint density at radius 3 is 2.20 bits per heavy atom. The van der Waals surface area contributed by atoms with Crippen molar-refractivity contribution >= 4 is 10.1 Å². The van der Waals surface area contributed by atoms with Crippen LogP contribution in [0.5, 0.6) is 0 Å². The van der Waals surface area contributed by atoms with Crippen molar-refractivity contribution in [2.24, 2.45) is 5.92 Å². The van der Waals surface area contributed by atoms with Crippen molar-refractivity contribution in [1.29, 1.82) is 0 Å². The molecule has 1 aromatic rings. The maximum absolute atomic E-state index is 13.0. The van der Waals surface area contributed by atoms with E-state index in [1.54, 1.807) is 12.1 Å². The first-order valence-corrected chi connectivity index (χ1v) is 8.14. The highest BCUT2D eigenvalue weighted by molar-refractivity contribution is 7.85. The molecule has 112 valence electrons. The van der Waals surface area contributed by atoms with Crippen molar-refractivity contribution < 1.29 is 21.8 Å². The summed E-state index contributed by atoms with van der Waals surface area (Å²) in [5, 5.41) is 0. The average molecular weight is 304 g/mol. The van der Waals surface area contributed by atoms with Crippen molar-refractivity contribution in [1.82, 2.24) is 0 Å². The highest BCUT2D eigenvalue weighted by Crippen LogP contribution is 2.37. The van der Waals surface area contributed by atoms with Crippen LogP contribution in [-0.4, -0.2) is 18.9 Å². The van der Waals surface area contributed by atoms with Gasteiger partial charge in [0.1, 0.15) is 0 Å². The standard InChI is InChI=1S/C14H18F2O3S/c15-14(16)9-7-12(8-10-14)2-1-11-3-5-13(6-4-11)20(17,18)19/h3-6,12H,1-2,7-10H2,(H,17,18,19). The predicted octanol–water partition coefficient (Wildman–Crippen LogP) is 3.69. The molecule has 6 heteroatoms. The van der Waals surface area contributed by atoms with Crippen LogP contribution in [0.1, 0.15) is 37.7 Å². The van der Waals surface area contributed by atoms with E-state index < -0.39 is 16.0 Å².